The summed E-state index contributed by atoms with van der Waals surface area (Å²) in [6, 6.07) is 0. The Balaban J connectivity index is 1.74. The van der Waals surface area contributed by atoms with Gasteiger partial charge in [-0.2, -0.15) is 0 Å². The second-order valence-corrected chi connectivity index (χ2v) is 11.1. The zero-order valence-corrected chi connectivity index (χ0v) is 20.7. The van der Waals surface area contributed by atoms with Crippen LogP contribution in [0.15, 0.2) is 35.6 Å². The fourth-order valence-corrected chi connectivity index (χ4v) is 7.96. The van der Waals surface area contributed by atoms with Crippen LogP contribution in [0.2, 0.25) is 0 Å². The van der Waals surface area contributed by atoms with Crippen LogP contribution in [0.1, 0.15) is 59.8 Å². The molecule has 8 atom stereocenters. The van der Waals surface area contributed by atoms with Crippen molar-refractivity contribution < 1.29 is 38.8 Å². The van der Waals surface area contributed by atoms with Gasteiger partial charge in [-0.05, 0) is 43.9 Å². The van der Waals surface area contributed by atoms with Crippen LogP contribution < -0.4 is 0 Å². The molecule has 35 heavy (non-hydrogen) atoms. The van der Waals surface area contributed by atoms with Crippen LogP contribution in [0.5, 0.6) is 0 Å². The molecular weight excluding hydrogens is 452 g/mol. The maximum Gasteiger partial charge on any atom is 0.308 e. The minimum atomic E-state index is -1.28. The van der Waals surface area contributed by atoms with Gasteiger partial charge in [-0.25, -0.2) is 0 Å². The monoisotopic (exact) mass is 486 g/mol. The Bertz CT molecular complexity index is 1070. The number of aliphatic hydroxyl groups excluding tert-OH is 2. The molecular formula is C27H34O8. The first kappa shape index (κ1) is 24.6. The van der Waals surface area contributed by atoms with Crippen molar-refractivity contribution >= 4 is 17.5 Å². The highest BCUT2D eigenvalue weighted by molar-refractivity contribution is 6.02. The molecule has 0 spiro atoms. The number of ketones is 2. The third-order valence-corrected chi connectivity index (χ3v) is 9.43. The molecule has 2 N–H and O–H groups in total. The van der Waals surface area contributed by atoms with E-state index in [9.17, 15) is 24.6 Å². The SMILES string of the molecule is CCCC1O[C@@]2(C(=O)CO)CC[C@@]3(O1)[C@@H]1C=C(OC(C)=O)C4=CC(=O)C=C[C@]4(C)[C@H]1[C@@H](O)C[C@]23C. The minimum Gasteiger partial charge on any atom is -0.427 e. The Labute approximate surface area is 205 Å². The standard InChI is InChI=1S/C27H34O8/c1-5-6-22-34-26-9-10-27(35-22,21(32)14-28)25(26,4)13-19(31)23-18(26)12-20(33-15(2)29)17-11-16(30)7-8-24(17,23)3/h7-8,11-12,18-19,22-23,28,31H,5-6,9-10,13-14H2,1-4H3/t18-,19+,22?,23-,24+,25+,26-,27-/m1/s1. The van der Waals surface area contributed by atoms with Gasteiger partial charge in [0.25, 0.3) is 0 Å². The van der Waals surface area contributed by atoms with Gasteiger partial charge >= 0.3 is 5.97 Å². The topological polar surface area (TPSA) is 119 Å². The number of hydrogen-bond acceptors (Lipinski definition) is 8. The predicted octanol–water partition coefficient (Wildman–Crippen LogP) is 2.53. The first-order chi connectivity index (χ1) is 16.5. The zero-order chi connectivity index (χ0) is 25.4. The van der Waals surface area contributed by atoms with E-state index in [1.807, 2.05) is 26.8 Å². The Hall–Kier alpha value is -2.13. The molecule has 2 bridgehead atoms. The van der Waals surface area contributed by atoms with Gasteiger partial charge in [-0.15, -0.1) is 0 Å². The molecule has 2 saturated carbocycles. The third-order valence-electron chi connectivity index (χ3n) is 9.43. The smallest absolute Gasteiger partial charge is 0.308 e. The van der Waals surface area contributed by atoms with Crippen molar-refractivity contribution in [2.24, 2.45) is 22.7 Å². The van der Waals surface area contributed by atoms with E-state index >= 15 is 0 Å². The van der Waals surface area contributed by atoms with Crippen molar-refractivity contribution in [1.82, 2.24) is 0 Å². The van der Waals surface area contributed by atoms with E-state index in [2.05, 4.69) is 0 Å². The van der Waals surface area contributed by atoms with Crippen LogP contribution in [-0.2, 0) is 28.6 Å². The summed E-state index contributed by atoms with van der Waals surface area (Å²) < 4.78 is 18.8. The van der Waals surface area contributed by atoms with Gasteiger partial charge in [0.1, 0.15) is 18.0 Å². The minimum absolute atomic E-state index is 0.207. The number of hydrogen-bond donors (Lipinski definition) is 2. The second-order valence-electron chi connectivity index (χ2n) is 11.1. The fourth-order valence-electron chi connectivity index (χ4n) is 7.96. The number of aliphatic hydroxyl groups is 2. The molecule has 8 nitrogen and oxygen atoms in total. The number of Topliss-reactive ketones (excluding diaryl/α,β-unsaturated/α-hetero) is 1. The van der Waals surface area contributed by atoms with Crippen LogP contribution in [0.25, 0.3) is 0 Å². The highest BCUT2D eigenvalue weighted by atomic mass is 16.7. The first-order valence-corrected chi connectivity index (χ1v) is 12.5. The average Bonchev–Trinajstić information content (AvgIpc) is 2.92. The molecule has 1 aliphatic heterocycles. The van der Waals surface area contributed by atoms with Crippen LogP contribution in [0, 0.1) is 22.7 Å². The zero-order valence-electron chi connectivity index (χ0n) is 20.7. The summed E-state index contributed by atoms with van der Waals surface area (Å²) in [4.78, 5) is 37.7. The van der Waals surface area contributed by atoms with Gasteiger partial charge in [-0.3, -0.25) is 14.4 Å². The van der Waals surface area contributed by atoms with Crippen molar-refractivity contribution in [3.63, 3.8) is 0 Å². The molecule has 190 valence electrons. The van der Waals surface area contributed by atoms with E-state index in [1.165, 1.54) is 19.1 Å². The van der Waals surface area contributed by atoms with Crippen molar-refractivity contribution in [3.05, 3.63) is 35.6 Å². The Morgan fingerprint density at radius 1 is 1.23 bits per heavy atom. The predicted molar refractivity (Wildman–Crippen MR) is 124 cm³/mol. The first-order valence-electron chi connectivity index (χ1n) is 12.5. The highest BCUT2D eigenvalue weighted by Gasteiger charge is 2.79. The summed E-state index contributed by atoms with van der Waals surface area (Å²) in [5.74, 6) is -1.64. The lowest BCUT2D eigenvalue weighted by Crippen LogP contribution is -2.74. The number of allylic oxidation sites excluding steroid dienone is 4. The normalized spacial score (nSPS) is 45.6. The largest absolute Gasteiger partial charge is 0.427 e. The van der Waals surface area contributed by atoms with E-state index < -0.39 is 58.7 Å². The van der Waals surface area contributed by atoms with Gasteiger partial charge in [0.15, 0.2) is 17.9 Å². The molecule has 1 heterocycles. The molecule has 5 rings (SSSR count). The molecule has 1 unspecified atom stereocenters. The maximum atomic E-state index is 13.3. The van der Waals surface area contributed by atoms with Gasteiger partial charge in [0, 0.05) is 35.2 Å². The number of esters is 1. The van der Waals surface area contributed by atoms with Gasteiger partial charge < -0.3 is 24.4 Å². The summed E-state index contributed by atoms with van der Waals surface area (Å²) in [7, 11) is 0. The lowest BCUT2D eigenvalue weighted by molar-refractivity contribution is -0.371. The van der Waals surface area contributed by atoms with E-state index in [-0.39, 0.29) is 23.9 Å². The molecule has 0 radical (unpaired) electrons. The molecule has 5 aliphatic rings. The summed E-state index contributed by atoms with van der Waals surface area (Å²) >= 11 is 0. The number of carbonyl (C=O) groups excluding carboxylic acids is 3. The summed E-state index contributed by atoms with van der Waals surface area (Å²) in [5.41, 5.74) is -3.32. The molecule has 1 saturated heterocycles. The van der Waals surface area contributed by atoms with Crippen molar-refractivity contribution in [1.29, 1.82) is 0 Å². The summed E-state index contributed by atoms with van der Waals surface area (Å²) in [6.07, 6.45) is 7.54. The lowest BCUT2D eigenvalue weighted by Gasteiger charge is -2.66. The molecule has 3 fully saturated rings. The maximum absolute atomic E-state index is 13.3. The Morgan fingerprint density at radius 3 is 2.63 bits per heavy atom. The molecule has 0 aromatic carbocycles. The highest BCUT2D eigenvalue weighted by Crippen LogP contribution is 2.72. The number of rotatable bonds is 5. The number of fused-ring (bicyclic) bond motifs is 3. The summed E-state index contributed by atoms with van der Waals surface area (Å²) in [5, 5.41) is 21.6. The quantitative estimate of drug-likeness (QED) is 0.569. The van der Waals surface area contributed by atoms with Gasteiger partial charge in [0.05, 0.1) is 11.7 Å². The van der Waals surface area contributed by atoms with E-state index in [4.69, 9.17) is 14.2 Å². The van der Waals surface area contributed by atoms with E-state index in [0.29, 0.717) is 24.8 Å². The molecule has 4 aliphatic carbocycles. The average molecular weight is 487 g/mol. The molecule has 0 aromatic heterocycles. The second kappa shape index (κ2) is 7.93. The lowest BCUT2D eigenvalue weighted by atomic mass is 9.45. The molecule has 8 heteroatoms. The van der Waals surface area contributed by atoms with Crippen molar-refractivity contribution in [2.45, 2.75) is 83.4 Å². The molecule has 0 aromatic rings. The van der Waals surface area contributed by atoms with Crippen LogP contribution >= 0.6 is 0 Å². The van der Waals surface area contributed by atoms with Crippen LogP contribution in [0.4, 0.5) is 0 Å². The van der Waals surface area contributed by atoms with Crippen LogP contribution in [0.3, 0.4) is 0 Å². The van der Waals surface area contributed by atoms with E-state index in [0.717, 1.165) is 6.42 Å². The van der Waals surface area contributed by atoms with Crippen LogP contribution in [-0.4, -0.2) is 58.0 Å². The molecule has 0 amide bonds. The fraction of sp³-hybridized carbons (Fsp3) is 0.667. The van der Waals surface area contributed by atoms with Gasteiger partial charge in [0.2, 0.25) is 0 Å². The Morgan fingerprint density at radius 2 is 1.97 bits per heavy atom. The number of ether oxygens (including phenoxy) is 3. The third kappa shape index (κ3) is 3.03. The summed E-state index contributed by atoms with van der Waals surface area (Å²) in [6.45, 7) is 6.53. The van der Waals surface area contributed by atoms with E-state index in [1.54, 1.807) is 6.08 Å². The van der Waals surface area contributed by atoms with Crippen molar-refractivity contribution in [3.8, 4) is 0 Å². The van der Waals surface area contributed by atoms with Crippen molar-refractivity contribution in [2.75, 3.05) is 6.61 Å². The Kier molecular flexibility index (Phi) is 5.57. The number of carbonyl (C=O) groups is 3. The van der Waals surface area contributed by atoms with Gasteiger partial charge in [-0.1, -0.05) is 33.3 Å².